The number of aryl methyl sites for hydroxylation is 1. The van der Waals surface area contributed by atoms with Crippen LogP contribution >= 0.6 is 23.3 Å². The van der Waals surface area contributed by atoms with Crippen LogP contribution in [0.5, 0.6) is 0 Å². The Kier molecular flexibility index (Phi) is 2.33. The maximum Gasteiger partial charge on any atom is 0.110 e. The first-order chi connectivity index (χ1) is 4.77. The largest absolute Gasteiger partial charge is 0.273 e. The molecule has 1 aromatic rings. The third-order valence-electron chi connectivity index (χ3n) is 1.09. The van der Waals surface area contributed by atoms with Gasteiger partial charge >= 0.3 is 0 Å². The molecule has 1 heterocycles. The second-order valence-electron chi connectivity index (χ2n) is 1.81. The Bertz CT molecular complexity index is 272. The van der Waals surface area contributed by atoms with Gasteiger partial charge in [0, 0.05) is 0 Å². The van der Waals surface area contributed by atoms with Gasteiger partial charge in [-0.05, 0) is 30.5 Å². The SMILES string of the molecule is Cc1cc(C#N)sc1SN. The smallest absolute Gasteiger partial charge is 0.110 e. The normalized spacial score (nSPS) is 9.30. The summed E-state index contributed by atoms with van der Waals surface area (Å²) in [5, 5.41) is 13.8. The monoisotopic (exact) mass is 170 g/mol. The number of rotatable bonds is 1. The van der Waals surface area contributed by atoms with Crippen LogP contribution in [0.1, 0.15) is 10.4 Å². The van der Waals surface area contributed by atoms with Crippen LogP contribution in [-0.2, 0) is 0 Å². The minimum Gasteiger partial charge on any atom is -0.273 e. The molecule has 0 aliphatic heterocycles. The third-order valence-corrected chi connectivity index (χ3v) is 3.10. The maximum absolute atomic E-state index is 8.48. The van der Waals surface area contributed by atoms with Crippen LogP contribution in [0.4, 0.5) is 0 Å². The van der Waals surface area contributed by atoms with Crippen molar-refractivity contribution in [2.75, 3.05) is 0 Å². The van der Waals surface area contributed by atoms with E-state index in [4.69, 9.17) is 10.4 Å². The van der Waals surface area contributed by atoms with Crippen molar-refractivity contribution in [2.45, 2.75) is 11.1 Å². The molecule has 0 amide bonds. The topological polar surface area (TPSA) is 49.8 Å². The second kappa shape index (κ2) is 3.06. The van der Waals surface area contributed by atoms with Crippen LogP contribution < -0.4 is 5.14 Å². The molecule has 2 N–H and O–H groups in total. The zero-order valence-electron chi connectivity index (χ0n) is 5.42. The number of hydrogen-bond donors (Lipinski definition) is 1. The van der Waals surface area contributed by atoms with Crippen molar-refractivity contribution in [2.24, 2.45) is 5.14 Å². The molecule has 0 bridgehead atoms. The standard InChI is InChI=1S/C6H6N2S2/c1-4-2-5(3-7)9-6(4)10-8/h2H,8H2,1H3. The van der Waals surface area contributed by atoms with E-state index in [1.807, 2.05) is 13.0 Å². The van der Waals surface area contributed by atoms with Crippen LogP contribution in [0.15, 0.2) is 10.3 Å². The van der Waals surface area contributed by atoms with Crippen molar-refractivity contribution in [3.05, 3.63) is 16.5 Å². The summed E-state index contributed by atoms with van der Waals surface area (Å²) in [5.41, 5.74) is 1.09. The summed E-state index contributed by atoms with van der Waals surface area (Å²) in [6.45, 7) is 1.95. The molecule has 0 aromatic carbocycles. The second-order valence-corrected chi connectivity index (χ2v) is 3.77. The highest BCUT2D eigenvalue weighted by molar-refractivity contribution is 7.99. The molecule has 1 rings (SSSR count). The molecule has 1 aromatic heterocycles. The number of nitrogens with zero attached hydrogens (tertiary/aromatic N) is 1. The van der Waals surface area contributed by atoms with Gasteiger partial charge in [0.1, 0.15) is 10.9 Å². The predicted molar refractivity (Wildman–Crippen MR) is 43.8 cm³/mol. The fraction of sp³-hybridized carbons (Fsp3) is 0.167. The van der Waals surface area contributed by atoms with E-state index in [0.29, 0.717) is 0 Å². The van der Waals surface area contributed by atoms with Gasteiger partial charge in [0.15, 0.2) is 0 Å². The van der Waals surface area contributed by atoms with Crippen LogP contribution in [0.25, 0.3) is 0 Å². The Labute approximate surface area is 67.8 Å². The minimum absolute atomic E-state index is 0.727. The predicted octanol–water partition coefficient (Wildman–Crippen LogP) is 1.89. The summed E-state index contributed by atoms with van der Waals surface area (Å²) in [6.07, 6.45) is 0. The first-order valence-corrected chi connectivity index (χ1v) is 4.35. The Balaban J connectivity index is 3.07. The van der Waals surface area contributed by atoms with Crippen molar-refractivity contribution in [1.82, 2.24) is 0 Å². The molecule has 10 heavy (non-hydrogen) atoms. The molecule has 0 fully saturated rings. The van der Waals surface area contributed by atoms with E-state index in [-0.39, 0.29) is 0 Å². The lowest BCUT2D eigenvalue weighted by Gasteiger charge is -1.86. The third kappa shape index (κ3) is 1.32. The van der Waals surface area contributed by atoms with Gasteiger partial charge in [-0.3, -0.25) is 5.14 Å². The Morgan fingerprint density at radius 2 is 2.50 bits per heavy atom. The summed E-state index contributed by atoms with van der Waals surface area (Å²) in [5.74, 6) is 0. The lowest BCUT2D eigenvalue weighted by atomic mass is 10.3. The lowest BCUT2D eigenvalue weighted by molar-refractivity contribution is 1.42. The van der Waals surface area contributed by atoms with Crippen molar-refractivity contribution in [1.29, 1.82) is 5.26 Å². The van der Waals surface area contributed by atoms with Crippen LogP contribution in [0, 0.1) is 18.3 Å². The molecule has 52 valence electrons. The van der Waals surface area contributed by atoms with Gasteiger partial charge in [-0.15, -0.1) is 11.3 Å². The van der Waals surface area contributed by atoms with Gasteiger partial charge in [0.25, 0.3) is 0 Å². The summed E-state index contributed by atoms with van der Waals surface area (Å²) >= 11 is 2.64. The van der Waals surface area contributed by atoms with Crippen molar-refractivity contribution in [3.63, 3.8) is 0 Å². The van der Waals surface area contributed by atoms with Crippen LogP contribution in [0.3, 0.4) is 0 Å². The Hall–Kier alpha value is -0.500. The molecule has 0 aliphatic carbocycles. The quantitative estimate of drug-likeness (QED) is 0.655. The van der Waals surface area contributed by atoms with Crippen molar-refractivity contribution < 1.29 is 0 Å². The average Bonchev–Trinajstić information content (AvgIpc) is 2.30. The van der Waals surface area contributed by atoms with E-state index in [9.17, 15) is 0 Å². The van der Waals surface area contributed by atoms with Gasteiger partial charge in [-0.1, -0.05) is 0 Å². The molecule has 0 saturated heterocycles. The molecule has 2 nitrogen and oxygen atoms in total. The summed E-state index contributed by atoms with van der Waals surface area (Å²) in [4.78, 5) is 0.727. The number of thiophene rings is 1. The molecule has 4 heteroatoms. The zero-order chi connectivity index (χ0) is 7.56. The molecule has 0 spiro atoms. The highest BCUT2D eigenvalue weighted by Crippen LogP contribution is 2.27. The van der Waals surface area contributed by atoms with E-state index in [0.717, 1.165) is 14.6 Å². The van der Waals surface area contributed by atoms with Gasteiger partial charge in [0.2, 0.25) is 0 Å². The van der Waals surface area contributed by atoms with E-state index in [1.54, 1.807) is 0 Å². The van der Waals surface area contributed by atoms with Gasteiger partial charge in [0.05, 0.1) is 4.21 Å². The van der Waals surface area contributed by atoms with Gasteiger partial charge < -0.3 is 0 Å². The molecule has 0 radical (unpaired) electrons. The van der Waals surface area contributed by atoms with Crippen molar-refractivity contribution >= 4 is 23.3 Å². The molecule has 0 unspecified atom stereocenters. The summed E-state index contributed by atoms with van der Waals surface area (Å²) in [6, 6.07) is 3.92. The minimum atomic E-state index is 0.727. The zero-order valence-corrected chi connectivity index (χ0v) is 7.05. The molecular weight excluding hydrogens is 164 g/mol. The number of nitriles is 1. The molecular formula is C6H6N2S2. The highest BCUT2D eigenvalue weighted by atomic mass is 32.2. The first kappa shape index (κ1) is 7.61. The fourth-order valence-corrected chi connectivity index (χ4v) is 2.05. The number of nitrogens with two attached hydrogens (primary N) is 1. The average molecular weight is 170 g/mol. The van der Waals surface area contributed by atoms with E-state index in [2.05, 4.69) is 6.07 Å². The highest BCUT2D eigenvalue weighted by Gasteiger charge is 2.02. The van der Waals surface area contributed by atoms with Crippen molar-refractivity contribution in [3.8, 4) is 6.07 Å². The molecule has 0 atom stereocenters. The summed E-state index contributed by atoms with van der Waals surface area (Å²) in [7, 11) is 0. The fourth-order valence-electron chi connectivity index (χ4n) is 0.637. The van der Waals surface area contributed by atoms with Crippen LogP contribution in [-0.4, -0.2) is 0 Å². The first-order valence-electron chi connectivity index (χ1n) is 2.65. The van der Waals surface area contributed by atoms with Gasteiger partial charge in [-0.25, -0.2) is 0 Å². The van der Waals surface area contributed by atoms with E-state index >= 15 is 0 Å². The van der Waals surface area contributed by atoms with E-state index < -0.39 is 0 Å². The summed E-state index contributed by atoms with van der Waals surface area (Å²) < 4.78 is 1.02. The van der Waals surface area contributed by atoms with Gasteiger partial charge in [-0.2, -0.15) is 5.26 Å². The maximum atomic E-state index is 8.48. The molecule has 0 aliphatic rings. The Morgan fingerprint density at radius 1 is 1.80 bits per heavy atom. The van der Waals surface area contributed by atoms with E-state index in [1.165, 1.54) is 23.3 Å². The lowest BCUT2D eigenvalue weighted by Crippen LogP contribution is -1.75. The van der Waals surface area contributed by atoms with Crippen LogP contribution in [0.2, 0.25) is 0 Å². The molecule has 0 saturated carbocycles. The Morgan fingerprint density at radius 3 is 2.80 bits per heavy atom. The number of hydrogen-bond acceptors (Lipinski definition) is 4.